The van der Waals surface area contributed by atoms with E-state index in [1.54, 1.807) is 24.3 Å². The van der Waals surface area contributed by atoms with E-state index in [9.17, 15) is 20.2 Å². The number of nitro groups is 2. The number of hydrogen-bond donors (Lipinski definition) is 0. The first-order chi connectivity index (χ1) is 16.5. The van der Waals surface area contributed by atoms with Crippen LogP contribution in [0, 0.1) is 20.2 Å². The minimum atomic E-state index is -0.443. The van der Waals surface area contributed by atoms with Crippen molar-refractivity contribution in [3.63, 3.8) is 0 Å². The van der Waals surface area contributed by atoms with Crippen molar-refractivity contribution in [3.05, 3.63) is 128 Å². The monoisotopic (exact) mass is 456 g/mol. The zero-order valence-electron chi connectivity index (χ0n) is 18.0. The standard InChI is InChI=1S/C26H20N2O6/c29-27(30)23-9-13-25(14-10-23)33-17-19-1-5-21(6-2-19)22-7-3-20(4-8-22)18-34-26-15-11-24(12-16-26)28(31)32/h1-16H,17-18H2. The Morgan fingerprint density at radius 1 is 0.500 bits per heavy atom. The summed E-state index contributed by atoms with van der Waals surface area (Å²) in [5, 5.41) is 21.4. The fraction of sp³-hybridized carbons (Fsp3) is 0.0769. The van der Waals surface area contributed by atoms with E-state index in [1.165, 1.54) is 24.3 Å². The molecule has 0 heterocycles. The molecule has 0 amide bonds. The first kappa shape index (κ1) is 22.5. The number of nitro benzene ring substituents is 2. The Hall–Kier alpha value is -4.72. The lowest BCUT2D eigenvalue weighted by molar-refractivity contribution is -0.385. The number of benzene rings is 4. The molecule has 0 radical (unpaired) electrons. The molecular formula is C26H20N2O6. The van der Waals surface area contributed by atoms with E-state index in [1.807, 2.05) is 48.5 Å². The van der Waals surface area contributed by atoms with E-state index in [4.69, 9.17) is 9.47 Å². The molecule has 4 aromatic rings. The third-order valence-corrected chi connectivity index (χ3v) is 5.15. The lowest BCUT2D eigenvalue weighted by Crippen LogP contribution is -1.96. The minimum absolute atomic E-state index is 0.0284. The molecule has 0 aliphatic rings. The van der Waals surface area contributed by atoms with Gasteiger partial charge in [0.1, 0.15) is 24.7 Å². The second-order valence-corrected chi connectivity index (χ2v) is 7.47. The zero-order valence-corrected chi connectivity index (χ0v) is 18.0. The van der Waals surface area contributed by atoms with Gasteiger partial charge >= 0.3 is 0 Å². The van der Waals surface area contributed by atoms with E-state index < -0.39 is 9.85 Å². The molecule has 4 rings (SSSR count). The number of ether oxygens (including phenoxy) is 2. The quantitative estimate of drug-likeness (QED) is 0.215. The van der Waals surface area contributed by atoms with Crippen LogP contribution in [0.3, 0.4) is 0 Å². The molecule has 170 valence electrons. The summed E-state index contributed by atoms with van der Waals surface area (Å²) in [6, 6.07) is 28.0. The maximum Gasteiger partial charge on any atom is 0.269 e. The summed E-state index contributed by atoms with van der Waals surface area (Å²) in [7, 11) is 0. The van der Waals surface area contributed by atoms with E-state index in [0.717, 1.165) is 22.3 Å². The molecule has 8 nitrogen and oxygen atoms in total. The van der Waals surface area contributed by atoms with Gasteiger partial charge in [-0.3, -0.25) is 20.2 Å². The van der Waals surface area contributed by atoms with Crippen LogP contribution in [0.5, 0.6) is 11.5 Å². The molecule has 8 heteroatoms. The summed E-state index contributed by atoms with van der Waals surface area (Å²) in [6.45, 7) is 0.716. The van der Waals surface area contributed by atoms with Crippen LogP contribution in [0.2, 0.25) is 0 Å². The molecule has 0 spiro atoms. The maximum atomic E-state index is 10.7. The van der Waals surface area contributed by atoms with E-state index >= 15 is 0 Å². The van der Waals surface area contributed by atoms with Crippen molar-refractivity contribution in [2.24, 2.45) is 0 Å². The smallest absolute Gasteiger partial charge is 0.269 e. The number of rotatable bonds is 9. The summed E-state index contributed by atoms with van der Waals surface area (Å²) >= 11 is 0. The van der Waals surface area contributed by atoms with Gasteiger partial charge in [-0.1, -0.05) is 48.5 Å². The lowest BCUT2D eigenvalue weighted by atomic mass is 10.0. The van der Waals surface area contributed by atoms with Crippen molar-refractivity contribution < 1.29 is 19.3 Å². The number of nitrogens with zero attached hydrogens (tertiary/aromatic N) is 2. The largest absolute Gasteiger partial charge is 0.489 e. The van der Waals surface area contributed by atoms with Crippen LogP contribution in [0.25, 0.3) is 11.1 Å². The minimum Gasteiger partial charge on any atom is -0.489 e. The molecule has 0 bridgehead atoms. The van der Waals surface area contributed by atoms with Crippen LogP contribution in [-0.2, 0) is 13.2 Å². The topological polar surface area (TPSA) is 105 Å². The molecule has 0 unspecified atom stereocenters. The highest BCUT2D eigenvalue weighted by Crippen LogP contribution is 2.23. The summed E-state index contributed by atoms with van der Waals surface area (Å²) in [4.78, 5) is 20.6. The summed E-state index contributed by atoms with van der Waals surface area (Å²) in [5.74, 6) is 1.14. The molecular weight excluding hydrogens is 436 g/mol. The van der Waals surface area contributed by atoms with Gasteiger partial charge in [-0.25, -0.2) is 0 Å². The summed E-state index contributed by atoms with van der Waals surface area (Å²) in [5.41, 5.74) is 4.13. The Morgan fingerprint density at radius 3 is 1.12 bits per heavy atom. The van der Waals surface area contributed by atoms with Gasteiger partial charge in [-0.05, 0) is 46.5 Å². The van der Waals surface area contributed by atoms with Crippen LogP contribution >= 0.6 is 0 Å². The van der Waals surface area contributed by atoms with E-state index in [-0.39, 0.29) is 11.4 Å². The summed E-state index contributed by atoms with van der Waals surface area (Å²) in [6.07, 6.45) is 0. The van der Waals surface area contributed by atoms with Crippen LogP contribution in [0.4, 0.5) is 11.4 Å². The number of hydrogen-bond acceptors (Lipinski definition) is 6. The Morgan fingerprint density at radius 2 is 0.824 bits per heavy atom. The third kappa shape index (κ3) is 5.74. The van der Waals surface area contributed by atoms with Crippen molar-refractivity contribution in [2.75, 3.05) is 0 Å². The van der Waals surface area contributed by atoms with E-state index in [2.05, 4.69) is 0 Å². The molecule has 0 saturated heterocycles. The highest BCUT2D eigenvalue weighted by atomic mass is 16.6. The Kier molecular flexibility index (Phi) is 6.78. The maximum absolute atomic E-state index is 10.7. The molecule has 0 fully saturated rings. The molecule has 34 heavy (non-hydrogen) atoms. The summed E-state index contributed by atoms with van der Waals surface area (Å²) < 4.78 is 11.4. The van der Waals surface area contributed by atoms with Gasteiger partial charge in [0.05, 0.1) is 9.85 Å². The van der Waals surface area contributed by atoms with Crippen molar-refractivity contribution in [1.29, 1.82) is 0 Å². The first-order valence-corrected chi connectivity index (χ1v) is 10.4. The van der Waals surface area contributed by atoms with Crippen molar-refractivity contribution in [3.8, 4) is 22.6 Å². The normalized spacial score (nSPS) is 10.5. The molecule has 0 saturated carbocycles. The Bertz CT molecular complexity index is 1170. The van der Waals surface area contributed by atoms with Gasteiger partial charge in [0, 0.05) is 24.3 Å². The predicted molar refractivity (Wildman–Crippen MR) is 127 cm³/mol. The molecule has 0 atom stereocenters. The van der Waals surface area contributed by atoms with Crippen molar-refractivity contribution in [1.82, 2.24) is 0 Å². The van der Waals surface area contributed by atoms with Crippen LogP contribution in [0.1, 0.15) is 11.1 Å². The Labute approximate surface area is 195 Å². The second-order valence-electron chi connectivity index (χ2n) is 7.47. The second kappa shape index (κ2) is 10.3. The van der Waals surface area contributed by atoms with Crippen molar-refractivity contribution >= 4 is 11.4 Å². The molecule has 0 N–H and O–H groups in total. The first-order valence-electron chi connectivity index (χ1n) is 10.4. The van der Waals surface area contributed by atoms with Gasteiger partial charge < -0.3 is 9.47 Å². The average Bonchev–Trinajstić information content (AvgIpc) is 2.87. The predicted octanol–water partition coefficient (Wildman–Crippen LogP) is 6.33. The van der Waals surface area contributed by atoms with Crippen molar-refractivity contribution in [2.45, 2.75) is 13.2 Å². The highest BCUT2D eigenvalue weighted by molar-refractivity contribution is 5.64. The molecule has 0 aromatic heterocycles. The molecule has 0 aliphatic carbocycles. The molecule has 4 aromatic carbocycles. The van der Waals surface area contributed by atoms with E-state index in [0.29, 0.717) is 24.7 Å². The number of non-ortho nitro benzene ring substituents is 2. The third-order valence-electron chi connectivity index (χ3n) is 5.15. The van der Waals surface area contributed by atoms with Gasteiger partial charge in [-0.15, -0.1) is 0 Å². The van der Waals surface area contributed by atoms with Gasteiger partial charge in [0.2, 0.25) is 0 Å². The lowest BCUT2D eigenvalue weighted by Gasteiger charge is -2.09. The van der Waals surface area contributed by atoms with Crippen LogP contribution < -0.4 is 9.47 Å². The van der Waals surface area contributed by atoms with Gasteiger partial charge in [0.15, 0.2) is 0 Å². The SMILES string of the molecule is O=[N+]([O-])c1ccc(OCc2ccc(-c3ccc(COc4ccc([N+](=O)[O-])cc4)cc3)cc2)cc1. The fourth-order valence-electron chi connectivity index (χ4n) is 3.25. The molecule has 0 aliphatic heterocycles. The Balaban J connectivity index is 1.31. The van der Waals surface area contributed by atoms with Gasteiger partial charge in [0.25, 0.3) is 11.4 Å². The highest BCUT2D eigenvalue weighted by Gasteiger charge is 2.06. The van der Waals surface area contributed by atoms with Gasteiger partial charge in [-0.2, -0.15) is 0 Å². The zero-order chi connectivity index (χ0) is 23.9. The van der Waals surface area contributed by atoms with Crippen LogP contribution in [-0.4, -0.2) is 9.85 Å². The average molecular weight is 456 g/mol. The van der Waals surface area contributed by atoms with Crippen LogP contribution in [0.15, 0.2) is 97.1 Å². The fourth-order valence-corrected chi connectivity index (χ4v) is 3.25.